The van der Waals surface area contributed by atoms with Gasteiger partial charge >= 0.3 is 0 Å². The number of carbonyl (C=O) groups is 1. The number of anilines is 1. The number of nitrogens with one attached hydrogen (secondary N) is 2. The third-order valence-corrected chi connectivity index (χ3v) is 5.17. The molecule has 0 saturated carbocycles. The second-order valence-electron chi connectivity index (χ2n) is 5.81. The van der Waals surface area contributed by atoms with Gasteiger partial charge in [-0.1, -0.05) is 44.4 Å². The molecule has 134 valence electrons. The molecule has 0 heterocycles. The van der Waals surface area contributed by atoms with Crippen LogP contribution in [0, 0.1) is 0 Å². The number of sulfonamides is 1. The van der Waals surface area contributed by atoms with Gasteiger partial charge in [0.2, 0.25) is 0 Å². The van der Waals surface area contributed by atoms with Gasteiger partial charge in [0.15, 0.2) is 0 Å². The molecule has 0 saturated heterocycles. The lowest BCUT2D eigenvalue weighted by molar-refractivity contribution is 0.0953. The Labute approximate surface area is 149 Å². The van der Waals surface area contributed by atoms with Gasteiger partial charge in [0.05, 0.1) is 4.90 Å². The molecule has 0 aliphatic rings. The first-order valence-corrected chi connectivity index (χ1v) is 9.97. The second kappa shape index (κ2) is 9.22. The van der Waals surface area contributed by atoms with Crippen LogP contribution < -0.4 is 10.0 Å². The minimum atomic E-state index is -3.66. The van der Waals surface area contributed by atoms with Crippen molar-refractivity contribution < 1.29 is 13.2 Å². The molecule has 0 fully saturated rings. The lowest BCUT2D eigenvalue weighted by Crippen LogP contribution is -2.24. The van der Waals surface area contributed by atoms with E-state index >= 15 is 0 Å². The van der Waals surface area contributed by atoms with E-state index in [0.717, 1.165) is 25.7 Å². The van der Waals surface area contributed by atoms with Crippen LogP contribution in [0.4, 0.5) is 5.69 Å². The Morgan fingerprint density at radius 1 is 0.920 bits per heavy atom. The van der Waals surface area contributed by atoms with Crippen LogP contribution in [0.3, 0.4) is 0 Å². The Hall–Kier alpha value is -2.34. The predicted molar refractivity (Wildman–Crippen MR) is 100 cm³/mol. The zero-order valence-corrected chi connectivity index (χ0v) is 15.2. The van der Waals surface area contributed by atoms with Crippen LogP contribution in [0.1, 0.15) is 43.0 Å². The minimum Gasteiger partial charge on any atom is -0.352 e. The number of amides is 1. The summed E-state index contributed by atoms with van der Waals surface area (Å²) >= 11 is 0. The van der Waals surface area contributed by atoms with Crippen LogP contribution in [-0.2, 0) is 10.0 Å². The first kappa shape index (κ1) is 19.0. The van der Waals surface area contributed by atoms with Crippen molar-refractivity contribution in [3.05, 3.63) is 60.2 Å². The highest BCUT2D eigenvalue weighted by molar-refractivity contribution is 7.92. The van der Waals surface area contributed by atoms with Crippen molar-refractivity contribution in [3.63, 3.8) is 0 Å². The molecule has 0 bridgehead atoms. The number of benzene rings is 2. The quantitative estimate of drug-likeness (QED) is 0.668. The molecular formula is C19H24N2O3S. The molecule has 2 aromatic carbocycles. The molecule has 25 heavy (non-hydrogen) atoms. The molecule has 6 heteroatoms. The van der Waals surface area contributed by atoms with E-state index in [0.29, 0.717) is 17.8 Å². The molecule has 0 unspecified atom stereocenters. The van der Waals surface area contributed by atoms with Gasteiger partial charge in [0.25, 0.3) is 15.9 Å². The molecule has 2 aromatic rings. The van der Waals surface area contributed by atoms with E-state index in [1.54, 1.807) is 24.3 Å². The maximum atomic E-state index is 12.3. The van der Waals surface area contributed by atoms with Crippen molar-refractivity contribution in [2.45, 2.75) is 37.5 Å². The maximum Gasteiger partial charge on any atom is 0.261 e. The third-order valence-electron chi connectivity index (χ3n) is 3.77. The number of unbranched alkanes of at least 4 members (excludes halogenated alkanes) is 3. The molecule has 0 atom stereocenters. The highest BCUT2D eigenvalue weighted by atomic mass is 32.2. The normalized spacial score (nSPS) is 11.1. The molecule has 0 radical (unpaired) electrons. The summed E-state index contributed by atoms with van der Waals surface area (Å²) in [7, 11) is -3.66. The van der Waals surface area contributed by atoms with Gasteiger partial charge in [-0.2, -0.15) is 0 Å². The summed E-state index contributed by atoms with van der Waals surface area (Å²) in [6, 6.07) is 14.6. The minimum absolute atomic E-state index is 0.121. The van der Waals surface area contributed by atoms with Crippen molar-refractivity contribution in [3.8, 4) is 0 Å². The zero-order chi connectivity index (χ0) is 18.1. The van der Waals surface area contributed by atoms with Gasteiger partial charge in [0, 0.05) is 17.8 Å². The standard InChI is InChI=1S/C19H24N2O3S/c1-2-3-4-8-15-20-19(22)16-11-13-18(14-12-16)25(23,24)21-17-9-6-5-7-10-17/h5-7,9-14,21H,2-4,8,15H2,1H3,(H,20,22). The number of carbonyl (C=O) groups excluding carboxylic acids is 1. The predicted octanol–water partition coefficient (Wildman–Crippen LogP) is 3.80. The Bertz CT molecular complexity index is 772. The van der Waals surface area contributed by atoms with Crippen LogP contribution >= 0.6 is 0 Å². The van der Waals surface area contributed by atoms with Gasteiger partial charge < -0.3 is 5.32 Å². The molecule has 0 aliphatic carbocycles. The summed E-state index contributed by atoms with van der Waals surface area (Å²) < 4.78 is 27.2. The van der Waals surface area contributed by atoms with Gasteiger partial charge in [-0.15, -0.1) is 0 Å². The van der Waals surface area contributed by atoms with Crippen LogP contribution in [0.25, 0.3) is 0 Å². The second-order valence-corrected chi connectivity index (χ2v) is 7.49. The van der Waals surface area contributed by atoms with E-state index < -0.39 is 10.0 Å². The summed E-state index contributed by atoms with van der Waals surface area (Å²) in [4.78, 5) is 12.2. The highest BCUT2D eigenvalue weighted by Gasteiger charge is 2.15. The van der Waals surface area contributed by atoms with Gasteiger partial charge in [-0.05, 0) is 42.8 Å². The Kier molecular flexibility index (Phi) is 7.01. The summed E-state index contributed by atoms with van der Waals surface area (Å²) in [5.74, 6) is -0.184. The third kappa shape index (κ3) is 5.90. The van der Waals surface area contributed by atoms with Crippen molar-refractivity contribution in [1.82, 2.24) is 5.32 Å². The molecule has 0 aromatic heterocycles. The van der Waals surface area contributed by atoms with Crippen LogP contribution in [0.2, 0.25) is 0 Å². The molecule has 1 amide bonds. The lowest BCUT2D eigenvalue weighted by atomic mass is 10.2. The fraction of sp³-hybridized carbons (Fsp3) is 0.316. The van der Waals surface area contributed by atoms with Crippen LogP contribution in [-0.4, -0.2) is 20.9 Å². The molecule has 0 spiro atoms. The van der Waals surface area contributed by atoms with Crippen molar-refractivity contribution in [1.29, 1.82) is 0 Å². The van der Waals surface area contributed by atoms with Gasteiger partial charge in [-0.3, -0.25) is 9.52 Å². The van der Waals surface area contributed by atoms with E-state index in [-0.39, 0.29) is 10.8 Å². The summed E-state index contributed by atoms with van der Waals surface area (Å²) in [6.07, 6.45) is 4.36. The Balaban J connectivity index is 1.95. The van der Waals surface area contributed by atoms with Crippen molar-refractivity contribution in [2.75, 3.05) is 11.3 Å². The highest BCUT2D eigenvalue weighted by Crippen LogP contribution is 2.16. The Morgan fingerprint density at radius 3 is 2.24 bits per heavy atom. The zero-order valence-electron chi connectivity index (χ0n) is 14.4. The summed E-state index contributed by atoms with van der Waals surface area (Å²) in [5.41, 5.74) is 0.950. The van der Waals surface area contributed by atoms with Gasteiger partial charge in [0.1, 0.15) is 0 Å². The summed E-state index contributed by atoms with van der Waals surface area (Å²) in [5, 5.41) is 2.85. The van der Waals surface area contributed by atoms with Gasteiger partial charge in [-0.25, -0.2) is 8.42 Å². The smallest absolute Gasteiger partial charge is 0.261 e. The van der Waals surface area contributed by atoms with Crippen molar-refractivity contribution in [2.24, 2.45) is 0 Å². The monoisotopic (exact) mass is 360 g/mol. The topological polar surface area (TPSA) is 75.3 Å². The number of hydrogen-bond donors (Lipinski definition) is 2. The average molecular weight is 360 g/mol. The fourth-order valence-electron chi connectivity index (χ4n) is 2.36. The molecule has 5 nitrogen and oxygen atoms in total. The average Bonchev–Trinajstić information content (AvgIpc) is 2.62. The largest absolute Gasteiger partial charge is 0.352 e. The lowest BCUT2D eigenvalue weighted by Gasteiger charge is -2.09. The van der Waals surface area contributed by atoms with Crippen LogP contribution in [0.5, 0.6) is 0 Å². The summed E-state index contributed by atoms with van der Waals surface area (Å²) in [6.45, 7) is 2.77. The number of para-hydroxylation sites is 1. The van der Waals surface area contributed by atoms with Crippen molar-refractivity contribution >= 4 is 21.6 Å². The molecule has 2 N–H and O–H groups in total. The number of hydrogen-bond acceptors (Lipinski definition) is 3. The van der Waals surface area contributed by atoms with E-state index in [2.05, 4.69) is 17.0 Å². The van der Waals surface area contributed by atoms with Crippen LogP contribution in [0.15, 0.2) is 59.5 Å². The molecule has 0 aliphatic heterocycles. The first-order chi connectivity index (χ1) is 12.0. The number of rotatable bonds is 9. The molecular weight excluding hydrogens is 336 g/mol. The van der Waals surface area contributed by atoms with E-state index in [4.69, 9.17) is 0 Å². The van der Waals surface area contributed by atoms with E-state index in [9.17, 15) is 13.2 Å². The first-order valence-electron chi connectivity index (χ1n) is 8.49. The van der Waals surface area contributed by atoms with E-state index in [1.807, 2.05) is 6.07 Å². The maximum absolute atomic E-state index is 12.3. The Morgan fingerprint density at radius 2 is 1.60 bits per heavy atom. The van der Waals surface area contributed by atoms with E-state index in [1.165, 1.54) is 24.3 Å². The fourth-order valence-corrected chi connectivity index (χ4v) is 3.42. The molecule has 2 rings (SSSR count). The SMILES string of the molecule is CCCCCCNC(=O)c1ccc(S(=O)(=O)Nc2ccccc2)cc1.